The number of carbonyl (C=O) groups excluding carboxylic acids is 4. The lowest BCUT2D eigenvalue weighted by Gasteiger charge is -2.16. The molecule has 0 aliphatic rings. The van der Waals surface area contributed by atoms with Crippen molar-refractivity contribution < 1.29 is 39.3 Å². The number of nitrogens with two attached hydrogens (primary N) is 1. The Kier molecular flexibility index (Phi) is 10.4. The fourth-order valence-corrected chi connectivity index (χ4v) is 1.35. The topological polar surface area (TPSA) is 220 Å². The van der Waals surface area contributed by atoms with Crippen molar-refractivity contribution in [2.24, 2.45) is 5.73 Å². The normalized spacial score (nSPS) is 12.4. The zero-order valence-electron chi connectivity index (χ0n) is 13.2. The van der Waals surface area contributed by atoms with Gasteiger partial charge in [0.05, 0.1) is 26.3 Å². The number of aliphatic hydroxyl groups excluding tert-OH is 2. The van der Waals surface area contributed by atoms with Crippen LogP contribution in [0.3, 0.4) is 0 Å². The number of aliphatic hydroxyl groups is 2. The molecule has 0 aromatic carbocycles. The van der Waals surface area contributed by atoms with Crippen LogP contribution in [0.15, 0.2) is 0 Å². The SMILES string of the molecule is N[C@@H](CO)C(=O)NCC(=O)NCC(=O)N[C@@H](CO)C(=O)NCC(=O)O. The molecule has 0 saturated heterocycles. The van der Waals surface area contributed by atoms with Crippen LogP contribution in [0.25, 0.3) is 0 Å². The Morgan fingerprint density at radius 2 is 1.36 bits per heavy atom. The average molecular weight is 363 g/mol. The predicted molar refractivity (Wildman–Crippen MR) is 80.7 cm³/mol. The fourth-order valence-electron chi connectivity index (χ4n) is 1.35. The summed E-state index contributed by atoms with van der Waals surface area (Å²) in [6, 6.07) is -2.56. The Morgan fingerprint density at radius 1 is 0.800 bits per heavy atom. The van der Waals surface area contributed by atoms with E-state index in [-0.39, 0.29) is 0 Å². The number of nitrogens with one attached hydrogen (secondary N) is 4. The Balaban J connectivity index is 4.18. The minimum atomic E-state index is -1.38. The molecule has 0 aromatic heterocycles. The van der Waals surface area contributed by atoms with Crippen LogP contribution in [0.5, 0.6) is 0 Å². The molecule has 4 amide bonds. The maximum absolute atomic E-state index is 11.6. The Bertz CT molecular complexity index is 512. The molecule has 0 radical (unpaired) electrons. The molecule has 0 aliphatic heterocycles. The van der Waals surface area contributed by atoms with E-state index < -0.39 is 74.5 Å². The van der Waals surface area contributed by atoms with Gasteiger partial charge in [-0.05, 0) is 0 Å². The van der Waals surface area contributed by atoms with Crippen molar-refractivity contribution in [3.05, 3.63) is 0 Å². The number of amides is 4. The number of carbonyl (C=O) groups is 5. The number of hydrogen-bond acceptors (Lipinski definition) is 8. The second-order valence-corrected chi connectivity index (χ2v) is 4.70. The van der Waals surface area contributed by atoms with Crippen LogP contribution in [0.2, 0.25) is 0 Å². The molecule has 0 aromatic rings. The lowest BCUT2D eigenvalue weighted by atomic mass is 10.3. The van der Waals surface area contributed by atoms with Crippen LogP contribution in [-0.2, 0) is 24.0 Å². The summed E-state index contributed by atoms with van der Waals surface area (Å²) in [4.78, 5) is 56.0. The van der Waals surface area contributed by atoms with E-state index in [0.29, 0.717) is 0 Å². The van der Waals surface area contributed by atoms with E-state index in [0.717, 1.165) is 0 Å². The van der Waals surface area contributed by atoms with E-state index in [1.165, 1.54) is 0 Å². The van der Waals surface area contributed by atoms with Crippen molar-refractivity contribution in [1.29, 1.82) is 0 Å². The summed E-state index contributed by atoms with van der Waals surface area (Å²) in [6.07, 6.45) is 0. The smallest absolute Gasteiger partial charge is 0.322 e. The van der Waals surface area contributed by atoms with Gasteiger partial charge in [-0.3, -0.25) is 24.0 Å². The first kappa shape index (κ1) is 22.2. The fraction of sp³-hybridized carbons (Fsp3) is 0.583. The molecule has 13 heteroatoms. The molecule has 25 heavy (non-hydrogen) atoms. The third kappa shape index (κ3) is 9.85. The Labute approximate surface area is 141 Å². The molecule has 0 unspecified atom stereocenters. The van der Waals surface area contributed by atoms with Crippen molar-refractivity contribution in [1.82, 2.24) is 21.3 Å². The molecule has 9 N–H and O–H groups in total. The van der Waals surface area contributed by atoms with E-state index in [1.54, 1.807) is 0 Å². The van der Waals surface area contributed by atoms with Gasteiger partial charge in [0.2, 0.25) is 23.6 Å². The van der Waals surface area contributed by atoms with Gasteiger partial charge in [-0.15, -0.1) is 0 Å². The second kappa shape index (κ2) is 11.7. The number of carboxylic acid groups (broad SMARTS) is 1. The average Bonchev–Trinajstić information content (AvgIpc) is 2.59. The van der Waals surface area contributed by atoms with Gasteiger partial charge in [0, 0.05) is 0 Å². The quantitative estimate of drug-likeness (QED) is 0.175. The van der Waals surface area contributed by atoms with Gasteiger partial charge in [0.1, 0.15) is 18.6 Å². The van der Waals surface area contributed by atoms with Crippen molar-refractivity contribution in [2.75, 3.05) is 32.8 Å². The summed E-state index contributed by atoms with van der Waals surface area (Å²) in [5, 5.41) is 34.4. The summed E-state index contributed by atoms with van der Waals surface area (Å²) >= 11 is 0. The van der Waals surface area contributed by atoms with E-state index in [1.807, 2.05) is 5.32 Å². The van der Waals surface area contributed by atoms with Gasteiger partial charge >= 0.3 is 5.97 Å². The largest absolute Gasteiger partial charge is 0.480 e. The highest BCUT2D eigenvalue weighted by Crippen LogP contribution is 1.84. The van der Waals surface area contributed by atoms with Crippen LogP contribution >= 0.6 is 0 Å². The lowest BCUT2D eigenvalue weighted by molar-refractivity contribution is -0.138. The predicted octanol–water partition coefficient (Wildman–Crippen LogP) is -5.78. The zero-order valence-corrected chi connectivity index (χ0v) is 13.2. The van der Waals surface area contributed by atoms with Crippen molar-refractivity contribution in [3.63, 3.8) is 0 Å². The van der Waals surface area contributed by atoms with Gasteiger partial charge in [0.25, 0.3) is 0 Å². The highest BCUT2D eigenvalue weighted by atomic mass is 16.4. The summed E-state index contributed by atoms with van der Waals surface area (Å²) < 4.78 is 0. The lowest BCUT2D eigenvalue weighted by Crippen LogP contribution is -2.52. The maximum Gasteiger partial charge on any atom is 0.322 e. The van der Waals surface area contributed by atoms with E-state index in [2.05, 4.69) is 16.0 Å². The molecular weight excluding hydrogens is 342 g/mol. The van der Waals surface area contributed by atoms with E-state index in [9.17, 15) is 24.0 Å². The first-order chi connectivity index (χ1) is 11.7. The zero-order chi connectivity index (χ0) is 19.4. The number of carboxylic acids is 1. The van der Waals surface area contributed by atoms with Gasteiger partial charge in [-0.1, -0.05) is 0 Å². The molecule has 142 valence electrons. The van der Waals surface area contributed by atoms with Crippen LogP contribution in [-0.4, -0.2) is 89.8 Å². The third-order valence-corrected chi connectivity index (χ3v) is 2.65. The van der Waals surface area contributed by atoms with E-state index in [4.69, 9.17) is 21.1 Å². The summed E-state index contributed by atoms with van der Waals surface area (Å²) in [5.41, 5.74) is 5.21. The molecule has 0 fully saturated rings. The van der Waals surface area contributed by atoms with E-state index >= 15 is 0 Å². The minimum Gasteiger partial charge on any atom is -0.480 e. The van der Waals surface area contributed by atoms with Crippen molar-refractivity contribution in [3.8, 4) is 0 Å². The minimum absolute atomic E-state index is 0.484. The molecule has 0 heterocycles. The van der Waals surface area contributed by atoms with Gasteiger partial charge < -0.3 is 42.3 Å². The van der Waals surface area contributed by atoms with Crippen LogP contribution < -0.4 is 27.0 Å². The van der Waals surface area contributed by atoms with Crippen LogP contribution in [0, 0.1) is 0 Å². The summed E-state index contributed by atoms with van der Waals surface area (Å²) in [5.74, 6) is -4.51. The molecule has 0 rings (SSSR count). The third-order valence-electron chi connectivity index (χ3n) is 2.65. The number of aliphatic carboxylic acids is 1. The van der Waals surface area contributed by atoms with Gasteiger partial charge in [0.15, 0.2) is 0 Å². The standard InChI is InChI=1S/C12H21N5O8/c13-6(4-18)11(24)15-1-8(20)14-2-9(21)17-7(5-19)12(25)16-3-10(22)23/h6-7,18-19H,1-5,13H2,(H,14,20)(H,15,24)(H,16,25)(H,17,21)(H,22,23)/t6-,7-/m0/s1. The second-order valence-electron chi connectivity index (χ2n) is 4.70. The molecule has 0 spiro atoms. The highest BCUT2D eigenvalue weighted by Gasteiger charge is 2.20. The first-order valence-electron chi connectivity index (χ1n) is 7.01. The molecule has 0 aliphatic carbocycles. The Morgan fingerprint density at radius 3 is 1.88 bits per heavy atom. The number of hydrogen-bond donors (Lipinski definition) is 8. The van der Waals surface area contributed by atoms with Crippen molar-refractivity contribution in [2.45, 2.75) is 12.1 Å². The highest BCUT2D eigenvalue weighted by molar-refractivity contribution is 5.92. The summed E-state index contributed by atoms with van der Waals surface area (Å²) in [7, 11) is 0. The molecule has 2 atom stereocenters. The van der Waals surface area contributed by atoms with Gasteiger partial charge in [-0.2, -0.15) is 0 Å². The maximum atomic E-state index is 11.6. The van der Waals surface area contributed by atoms with Gasteiger partial charge in [-0.25, -0.2) is 0 Å². The molecular formula is C12H21N5O8. The van der Waals surface area contributed by atoms with Crippen molar-refractivity contribution >= 4 is 29.6 Å². The molecule has 0 bridgehead atoms. The van der Waals surface area contributed by atoms with Crippen LogP contribution in [0.4, 0.5) is 0 Å². The Hall–Kier alpha value is -2.77. The summed E-state index contributed by atoms with van der Waals surface area (Å²) in [6.45, 7) is -3.09. The monoisotopic (exact) mass is 363 g/mol. The van der Waals surface area contributed by atoms with Crippen LogP contribution in [0.1, 0.15) is 0 Å². The first-order valence-corrected chi connectivity index (χ1v) is 7.01. The number of rotatable bonds is 11. The molecule has 0 saturated carbocycles. The molecule has 13 nitrogen and oxygen atoms in total.